The van der Waals surface area contributed by atoms with E-state index in [1.165, 1.54) is 7.11 Å². The van der Waals surface area contributed by atoms with E-state index < -0.39 is 5.41 Å². The topological polar surface area (TPSA) is 90.0 Å². The largest absolute Gasteiger partial charge is 0.476 e. The molecule has 7 nitrogen and oxygen atoms in total. The third kappa shape index (κ3) is 4.99. The molecule has 0 bridgehead atoms. The zero-order valence-electron chi connectivity index (χ0n) is 17.2. The van der Waals surface area contributed by atoms with Crippen molar-refractivity contribution in [1.29, 1.82) is 0 Å². The molecule has 0 fully saturated rings. The maximum atomic E-state index is 11.7. The summed E-state index contributed by atoms with van der Waals surface area (Å²) in [7, 11) is 1.37. The quantitative estimate of drug-likeness (QED) is 0.579. The fourth-order valence-electron chi connectivity index (χ4n) is 2.81. The third-order valence-electron chi connectivity index (χ3n) is 4.55. The predicted octanol–water partition coefficient (Wildman–Crippen LogP) is 4.06. The van der Waals surface area contributed by atoms with E-state index >= 15 is 0 Å². The lowest BCUT2D eigenvalue weighted by Crippen LogP contribution is -2.32. The highest BCUT2D eigenvalue weighted by molar-refractivity contribution is 5.76. The minimum Gasteiger partial charge on any atom is -0.476 e. The summed E-state index contributed by atoms with van der Waals surface area (Å²) in [5, 5.41) is 7.22. The Morgan fingerprint density at radius 2 is 1.76 bits per heavy atom. The van der Waals surface area contributed by atoms with Gasteiger partial charge in [-0.3, -0.25) is 9.89 Å². The molecular weight excluding hydrogens is 368 g/mol. The lowest BCUT2D eigenvalue weighted by atomic mass is 9.95. The minimum atomic E-state index is -0.733. The van der Waals surface area contributed by atoms with Crippen LogP contribution in [0.3, 0.4) is 0 Å². The van der Waals surface area contributed by atoms with Crippen molar-refractivity contribution in [3.05, 3.63) is 48.4 Å². The number of aromatic nitrogens is 4. The number of methoxy groups -OCH3 is 1. The van der Waals surface area contributed by atoms with Crippen molar-refractivity contribution in [3.8, 4) is 28.4 Å². The highest BCUT2D eigenvalue weighted by Gasteiger charge is 2.29. The average Bonchev–Trinajstić information content (AvgIpc) is 3.21. The molecule has 2 aromatic heterocycles. The number of aryl methyl sites for hydroxylation is 1. The standard InChI is InChI=1S/C22H26N4O3/c1-5-6-18-24-20(26-25-18)16-9-7-15(8-10-16)17-11-12-19(23-13-17)29-14-22(2,3)21(27)28-4/h7-13H,5-6,14H2,1-4H3,(H,24,25,26). The first-order valence-corrected chi connectivity index (χ1v) is 9.62. The molecule has 1 N–H and O–H groups in total. The van der Waals surface area contributed by atoms with Gasteiger partial charge in [0.25, 0.3) is 0 Å². The number of nitrogens with zero attached hydrogens (tertiary/aromatic N) is 3. The van der Waals surface area contributed by atoms with Crippen LogP contribution in [-0.2, 0) is 16.0 Å². The molecule has 29 heavy (non-hydrogen) atoms. The molecule has 3 rings (SSSR count). The third-order valence-corrected chi connectivity index (χ3v) is 4.55. The van der Waals surface area contributed by atoms with Crippen molar-refractivity contribution in [2.24, 2.45) is 5.41 Å². The molecule has 0 radical (unpaired) electrons. The molecule has 2 heterocycles. The highest BCUT2D eigenvalue weighted by Crippen LogP contribution is 2.25. The van der Waals surface area contributed by atoms with Gasteiger partial charge < -0.3 is 9.47 Å². The van der Waals surface area contributed by atoms with Crippen molar-refractivity contribution in [2.45, 2.75) is 33.6 Å². The van der Waals surface area contributed by atoms with Crippen LogP contribution < -0.4 is 4.74 Å². The van der Waals surface area contributed by atoms with E-state index in [-0.39, 0.29) is 12.6 Å². The van der Waals surface area contributed by atoms with Gasteiger partial charge >= 0.3 is 5.97 Å². The Morgan fingerprint density at radius 1 is 1.07 bits per heavy atom. The van der Waals surface area contributed by atoms with Gasteiger partial charge in [-0.1, -0.05) is 31.2 Å². The van der Waals surface area contributed by atoms with Gasteiger partial charge in [0.1, 0.15) is 6.61 Å². The molecule has 0 aliphatic heterocycles. The number of hydrogen-bond donors (Lipinski definition) is 1. The first kappa shape index (κ1) is 20.5. The molecule has 0 saturated heterocycles. The van der Waals surface area contributed by atoms with Gasteiger partial charge in [-0.2, -0.15) is 5.10 Å². The van der Waals surface area contributed by atoms with E-state index in [4.69, 9.17) is 9.47 Å². The van der Waals surface area contributed by atoms with E-state index in [1.54, 1.807) is 26.1 Å². The van der Waals surface area contributed by atoms with Crippen molar-refractivity contribution in [3.63, 3.8) is 0 Å². The summed E-state index contributed by atoms with van der Waals surface area (Å²) in [5.74, 6) is 1.76. The van der Waals surface area contributed by atoms with Crippen molar-refractivity contribution in [1.82, 2.24) is 20.2 Å². The smallest absolute Gasteiger partial charge is 0.314 e. The van der Waals surface area contributed by atoms with Crippen LogP contribution in [-0.4, -0.2) is 39.9 Å². The highest BCUT2D eigenvalue weighted by atomic mass is 16.5. The number of nitrogens with one attached hydrogen (secondary N) is 1. The number of carbonyl (C=O) groups excluding carboxylic acids is 1. The molecule has 7 heteroatoms. The fraction of sp³-hybridized carbons (Fsp3) is 0.364. The number of carbonyl (C=O) groups is 1. The first-order chi connectivity index (χ1) is 13.9. The van der Waals surface area contributed by atoms with Gasteiger partial charge in [-0.05, 0) is 31.9 Å². The molecule has 0 aliphatic carbocycles. The summed E-state index contributed by atoms with van der Waals surface area (Å²) in [4.78, 5) is 20.6. The predicted molar refractivity (Wildman–Crippen MR) is 110 cm³/mol. The second kappa shape index (κ2) is 8.86. The SMILES string of the molecule is CCCc1n[nH]c(-c2ccc(-c3ccc(OCC(C)(C)C(=O)OC)nc3)cc2)n1. The van der Waals surface area contributed by atoms with Gasteiger partial charge in [0.2, 0.25) is 5.88 Å². The first-order valence-electron chi connectivity index (χ1n) is 9.62. The van der Waals surface area contributed by atoms with Crippen LogP contribution in [0.2, 0.25) is 0 Å². The van der Waals surface area contributed by atoms with Crippen LogP contribution in [0.1, 0.15) is 33.0 Å². The number of aromatic amines is 1. The van der Waals surface area contributed by atoms with Gasteiger partial charge in [0, 0.05) is 29.8 Å². The fourth-order valence-corrected chi connectivity index (χ4v) is 2.81. The Bertz CT molecular complexity index is 947. The second-order valence-corrected chi connectivity index (χ2v) is 7.48. The van der Waals surface area contributed by atoms with E-state index in [0.717, 1.165) is 41.2 Å². The zero-order chi connectivity index (χ0) is 20.9. The Morgan fingerprint density at radius 3 is 2.38 bits per heavy atom. The lowest BCUT2D eigenvalue weighted by molar-refractivity contribution is -0.152. The van der Waals surface area contributed by atoms with Gasteiger partial charge in [-0.15, -0.1) is 0 Å². The number of esters is 1. The minimum absolute atomic E-state index is 0.192. The summed E-state index contributed by atoms with van der Waals surface area (Å²) in [6.45, 7) is 5.84. The van der Waals surface area contributed by atoms with Gasteiger partial charge in [0.15, 0.2) is 11.6 Å². The molecule has 0 aliphatic rings. The molecule has 0 spiro atoms. The molecule has 0 saturated carbocycles. The summed E-state index contributed by atoms with van der Waals surface area (Å²) >= 11 is 0. The molecule has 152 valence electrons. The van der Waals surface area contributed by atoms with E-state index in [9.17, 15) is 4.79 Å². The summed E-state index contributed by atoms with van der Waals surface area (Å²) in [6.07, 6.45) is 3.64. The van der Waals surface area contributed by atoms with E-state index in [1.807, 2.05) is 30.3 Å². The van der Waals surface area contributed by atoms with Crippen LogP contribution >= 0.6 is 0 Å². The zero-order valence-corrected chi connectivity index (χ0v) is 17.2. The number of H-pyrrole nitrogens is 1. The normalized spacial score (nSPS) is 11.3. The number of pyridine rings is 1. The van der Waals surface area contributed by atoms with Crippen molar-refractivity contribution >= 4 is 5.97 Å². The van der Waals surface area contributed by atoms with Crippen molar-refractivity contribution < 1.29 is 14.3 Å². The van der Waals surface area contributed by atoms with Crippen LogP contribution in [0.4, 0.5) is 0 Å². The number of ether oxygens (including phenoxy) is 2. The molecule has 0 atom stereocenters. The van der Waals surface area contributed by atoms with E-state index in [2.05, 4.69) is 27.1 Å². The van der Waals surface area contributed by atoms with Gasteiger partial charge in [-0.25, -0.2) is 9.97 Å². The summed E-state index contributed by atoms with van der Waals surface area (Å²) in [5.41, 5.74) is 2.26. The van der Waals surface area contributed by atoms with Gasteiger partial charge in [0.05, 0.1) is 12.5 Å². The van der Waals surface area contributed by atoms with Crippen LogP contribution in [0.5, 0.6) is 5.88 Å². The summed E-state index contributed by atoms with van der Waals surface area (Å²) < 4.78 is 10.4. The van der Waals surface area contributed by atoms with Crippen LogP contribution in [0.15, 0.2) is 42.6 Å². The Kier molecular flexibility index (Phi) is 6.26. The molecular formula is C22H26N4O3. The molecule has 0 amide bonds. The molecule has 1 aromatic carbocycles. The number of hydrogen-bond acceptors (Lipinski definition) is 6. The summed E-state index contributed by atoms with van der Waals surface area (Å²) in [6, 6.07) is 11.8. The lowest BCUT2D eigenvalue weighted by Gasteiger charge is -2.21. The second-order valence-electron chi connectivity index (χ2n) is 7.48. The molecule has 0 unspecified atom stereocenters. The number of benzene rings is 1. The van der Waals surface area contributed by atoms with E-state index in [0.29, 0.717) is 5.88 Å². The maximum Gasteiger partial charge on any atom is 0.314 e. The number of rotatable bonds is 8. The van der Waals surface area contributed by atoms with Crippen molar-refractivity contribution in [2.75, 3.05) is 13.7 Å². The average molecular weight is 394 g/mol. The maximum absolute atomic E-state index is 11.7. The van der Waals surface area contributed by atoms with Crippen LogP contribution in [0, 0.1) is 5.41 Å². The van der Waals surface area contributed by atoms with Crippen LogP contribution in [0.25, 0.3) is 22.5 Å². The Labute approximate surface area is 170 Å². The Balaban J connectivity index is 1.66. The Hall–Kier alpha value is -3.22. The molecule has 3 aromatic rings. The monoisotopic (exact) mass is 394 g/mol.